The van der Waals surface area contributed by atoms with Gasteiger partial charge in [0.2, 0.25) is 5.91 Å². The molecule has 1 fully saturated rings. The lowest BCUT2D eigenvalue weighted by atomic mass is 10.2. The average molecular weight is 277 g/mol. The van der Waals surface area contributed by atoms with Crippen LogP contribution in [0.1, 0.15) is 12.8 Å². The van der Waals surface area contributed by atoms with Gasteiger partial charge in [0.1, 0.15) is 0 Å². The third-order valence-electron chi connectivity index (χ3n) is 3.39. The SMILES string of the molecule is CN(C)c1ccc(NCC(=O)NCC2CCCO2)cc1. The Hall–Kier alpha value is -1.75. The van der Waals surface area contributed by atoms with Crippen molar-refractivity contribution in [3.63, 3.8) is 0 Å². The minimum Gasteiger partial charge on any atom is -0.378 e. The summed E-state index contributed by atoms with van der Waals surface area (Å²) in [7, 11) is 4.00. The first-order valence-electron chi connectivity index (χ1n) is 7.05. The molecule has 1 saturated heterocycles. The van der Waals surface area contributed by atoms with Gasteiger partial charge in [0.25, 0.3) is 0 Å². The number of amides is 1. The smallest absolute Gasteiger partial charge is 0.239 e. The average Bonchev–Trinajstić information content (AvgIpc) is 2.96. The van der Waals surface area contributed by atoms with E-state index in [0.29, 0.717) is 6.54 Å². The second-order valence-electron chi connectivity index (χ2n) is 5.23. The molecule has 0 aromatic heterocycles. The molecule has 1 aromatic rings. The van der Waals surface area contributed by atoms with E-state index >= 15 is 0 Å². The van der Waals surface area contributed by atoms with Gasteiger partial charge >= 0.3 is 0 Å². The van der Waals surface area contributed by atoms with Crippen LogP contribution in [-0.4, -0.2) is 45.8 Å². The summed E-state index contributed by atoms with van der Waals surface area (Å²) in [4.78, 5) is 13.8. The highest BCUT2D eigenvalue weighted by molar-refractivity contribution is 5.80. The Bertz CT molecular complexity index is 425. The highest BCUT2D eigenvalue weighted by Crippen LogP contribution is 2.15. The van der Waals surface area contributed by atoms with E-state index in [0.717, 1.165) is 30.8 Å². The summed E-state index contributed by atoms with van der Waals surface area (Å²) < 4.78 is 5.46. The van der Waals surface area contributed by atoms with Crippen LogP contribution in [0.3, 0.4) is 0 Å². The quantitative estimate of drug-likeness (QED) is 0.826. The summed E-state index contributed by atoms with van der Waals surface area (Å²) in [6.07, 6.45) is 2.33. The van der Waals surface area contributed by atoms with Crippen LogP contribution in [0.5, 0.6) is 0 Å². The number of nitrogens with zero attached hydrogens (tertiary/aromatic N) is 1. The zero-order valence-electron chi connectivity index (χ0n) is 12.2. The molecular formula is C15H23N3O2. The fourth-order valence-corrected chi connectivity index (χ4v) is 2.16. The Kier molecular flexibility index (Phi) is 5.24. The molecule has 5 nitrogen and oxygen atoms in total. The predicted octanol–water partition coefficient (Wildman–Crippen LogP) is 1.46. The maximum Gasteiger partial charge on any atom is 0.239 e. The van der Waals surface area contributed by atoms with Crippen LogP contribution in [0.15, 0.2) is 24.3 Å². The number of carbonyl (C=O) groups excluding carboxylic acids is 1. The van der Waals surface area contributed by atoms with Crippen molar-refractivity contribution in [2.45, 2.75) is 18.9 Å². The molecule has 0 saturated carbocycles. The normalized spacial score (nSPS) is 17.8. The lowest BCUT2D eigenvalue weighted by molar-refractivity contribution is -0.119. The molecule has 5 heteroatoms. The van der Waals surface area contributed by atoms with Crippen LogP contribution < -0.4 is 15.5 Å². The van der Waals surface area contributed by atoms with Crippen LogP contribution in [0, 0.1) is 0 Å². The number of anilines is 2. The Morgan fingerprint density at radius 3 is 2.70 bits per heavy atom. The maximum absolute atomic E-state index is 11.7. The topological polar surface area (TPSA) is 53.6 Å². The van der Waals surface area contributed by atoms with E-state index in [4.69, 9.17) is 4.74 Å². The molecule has 110 valence electrons. The molecule has 1 heterocycles. The van der Waals surface area contributed by atoms with Gasteiger partial charge in [0.05, 0.1) is 12.6 Å². The van der Waals surface area contributed by atoms with E-state index in [1.54, 1.807) is 0 Å². The van der Waals surface area contributed by atoms with Crippen molar-refractivity contribution in [1.29, 1.82) is 0 Å². The maximum atomic E-state index is 11.7. The van der Waals surface area contributed by atoms with E-state index in [-0.39, 0.29) is 18.6 Å². The minimum atomic E-state index is -0.00261. The summed E-state index contributed by atoms with van der Waals surface area (Å²) in [5.74, 6) is -0.00261. The highest BCUT2D eigenvalue weighted by atomic mass is 16.5. The van der Waals surface area contributed by atoms with Gasteiger partial charge < -0.3 is 20.3 Å². The third-order valence-corrected chi connectivity index (χ3v) is 3.39. The summed E-state index contributed by atoms with van der Waals surface area (Å²) in [6.45, 7) is 1.71. The number of hydrogen-bond acceptors (Lipinski definition) is 4. The molecule has 0 radical (unpaired) electrons. The van der Waals surface area contributed by atoms with Crippen molar-refractivity contribution in [1.82, 2.24) is 5.32 Å². The van der Waals surface area contributed by atoms with E-state index in [9.17, 15) is 4.79 Å². The van der Waals surface area contributed by atoms with E-state index in [1.165, 1.54) is 0 Å². The van der Waals surface area contributed by atoms with Gasteiger partial charge in [0, 0.05) is 38.6 Å². The fraction of sp³-hybridized carbons (Fsp3) is 0.533. The zero-order valence-corrected chi connectivity index (χ0v) is 12.2. The Morgan fingerprint density at radius 2 is 2.10 bits per heavy atom. The van der Waals surface area contributed by atoms with Crippen LogP contribution in [0.4, 0.5) is 11.4 Å². The van der Waals surface area contributed by atoms with E-state index in [2.05, 4.69) is 10.6 Å². The molecule has 1 aliphatic rings. The van der Waals surface area contributed by atoms with Crippen LogP contribution in [0.25, 0.3) is 0 Å². The number of benzene rings is 1. The molecule has 20 heavy (non-hydrogen) atoms. The molecule has 0 aliphatic carbocycles. The van der Waals surface area contributed by atoms with Crippen molar-refractivity contribution >= 4 is 17.3 Å². The summed E-state index contributed by atoms with van der Waals surface area (Å²) in [5, 5.41) is 6.00. The predicted molar refractivity (Wildman–Crippen MR) is 81.2 cm³/mol. The van der Waals surface area contributed by atoms with Gasteiger partial charge in [-0.25, -0.2) is 0 Å². The summed E-state index contributed by atoms with van der Waals surface area (Å²) in [5.41, 5.74) is 2.08. The molecule has 2 N–H and O–H groups in total. The van der Waals surface area contributed by atoms with Crippen molar-refractivity contribution in [3.05, 3.63) is 24.3 Å². The number of hydrogen-bond donors (Lipinski definition) is 2. The zero-order chi connectivity index (χ0) is 14.4. The van der Waals surface area contributed by atoms with Gasteiger partial charge in [-0.1, -0.05) is 0 Å². The lowest BCUT2D eigenvalue weighted by Gasteiger charge is -2.14. The second kappa shape index (κ2) is 7.14. The number of rotatable bonds is 6. The number of ether oxygens (including phenoxy) is 1. The number of carbonyl (C=O) groups is 1. The fourth-order valence-electron chi connectivity index (χ4n) is 2.16. The van der Waals surface area contributed by atoms with Gasteiger partial charge in [-0.2, -0.15) is 0 Å². The third kappa shape index (κ3) is 4.42. The molecule has 0 bridgehead atoms. The second-order valence-corrected chi connectivity index (χ2v) is 5.23. The first-order valence-corrected chi connectivity index (χ1v) is 7.05. The Labute approximate surface area is 120 Å². The summed E-state index contributed by atoms with van der Waals surface area (Å²) >= 11 is 0. The molecule has 1 amide bonds. The Balaban J connectivity index is 1.69. The van der Waals surface area contributed by atoms with Crippen LogP contribution in [-0.2, 0) is 9.53 Å². The standard InChI is InChI=1S/C15H23N3O2/c1-18(2)13-7-5-12(6-8-13)16-11-15(19)17-10-14-4-3-9-20-14/h5-8,14,16H,3-4,9-11H2,1-2H3,(H,17,19). The molecule has 1 unspecified atom stereocenters. The van der Waals surface area contributed by atoms with E-state index < -0.39 is 0 Å². The van der Waals surface area contributed by atoms with Crippen molar-refractivity contribution < 1.29 is 9.53 Å². The number of nitrogens with one attached hydrogen (secondary N) is 2. The molecule has 0 spiro atoms. The van der Waals surface area contributed by atoms with Gasteiger partial charge in [0.15, 0.2) is 0 Å². The van der Waals surface area contributed by atoms with Crippen molar-refractivity contribution in [3.8, 4) is 0 Å². The van der Waals surface area contributed by atoms with Crippen molar-refractivity contribution in [2.75, 3.05) is 44.0 Å². The highest BCUT2D eigenvalue weighted by Gasteiger charge is 2.15. The first-order chi connectivity index (χ1) is 9.65. The molecular weight excluding hydrogens is 254 g/mol. The lowest BCUT2D eigenvalue weighted by Crippen LogP contribution is -2.35. The molecule has 2 rings (SSSR count). The monoisotopic (exact) mass is 277 g/mol. The summed E-state index contributed by atoms with van der Waals surface area (Å²) in [6, 6.07) is 7.99. The van der Waals surface area contributed by atoms with Gasteiger partial charge in [-0.3, -0.25) is 4.79 Å². The largest absolute Gasteiger partial charge is 0.378 e. The molecule has 1 atom stereocenters. The minimum absolute atomic E-state index is 0.00261. The van der Waals surface area contributed by atoms with Gasteiger partial charge in [-0.15, -0.1) is 0 Å². The Morgan fingerprint density at radius 1 is 1.35 bits per heavy atom. The van der Waals surface area contributed by atoms with Crippen LogP contribution >= 0.6 is 0 Å². The van der Waals surface area contributed by atoms with E-state index in [1.807, 2.05) is 43.3 Å². The first kappa shape index (κ1) is 14.7. The molecule has 1 aliphatic heterocycles. The van der Waals surface area contributed by atoms with Gasteiger partial charge in [-0.05, 0) is 37.1 Å². The van der Waals surface area contributed by atoms with Crippen LogP contribution in [0.2, 0.25) is 0 Å². The molecule has 1 aromatic carbocycles. The van der Waals surface area contributed by atoms with Crippen molar-refractivity contribution in [2.24, 2.45) is 0 Å².